The highest BCUT2D eigenvalue weighted by Crippen LogP contribution is 2.31. The lowest BCUT2D eigenvalue weighted by Crippen LogP contribution is -2.44. The summed E-state index contributed by atoms with van der Waals surface area (Å²) in [6.45, 7) is 6.34. The van der Waals surface area contributed by atoms with Crippen molar-refractivity contribution in [2.45, 2.75) is 39.3 Å². The second-order valence-corrected chi connectivity index (χ2v) is 11.9. The van der Waals surface area contributed by atoms with Crippen LogP contribution in [0.15, 0.2) is 73.1 Å². The minimum atomic E-state index is -0.711. The maximum absolute atomic E-state index is 14.2. The van der Waals surface area contributed by atoms with E-state index in [1.807, 2.05) is 42.7 Å². The molecule has 47 heavy (non-hydrogen) atoms. The summed E-state index contributed by atoms with van der Waals surface area (Å²) in [4.78, 5) is 44.7. The third-order valence-electron chi connectivity index (χ3n) is 7.93. The first-order chi connectivity index (χ1) is 22.8. The van der Waals surface area contributed by atoms with Crippen molar-refractivity contribution < 1.29 is 14.0 Å². The van der Waals surface area contributed by atoms with E-state index in [0.717, 1.165) is 71.8 Å². The monoisotopic (exact) mass is 651 g/mol. The highest BCUT2D eigenvalue weighted by atomic mass is 32.1. The van der Waals surface area contributed by atoms with Crippen molar-refractivity contribution in [3.8, 4) is 17.1 Å². The van der Waals surface area contributed by atoms with E-state index in [1.165, 1.54) is 12.1 Å². The molecule has 0 unspecified atom stereocenters. The standard InChI is InChI=1S/C32H28FN9O2S.C2H6/c33-19-15-23(26-25(16-19)40-32(45-26)28(35)43)31(44)38-20-9-13-41(14-10-20)17-18-5-7-21(8-6-18)42-29(22-3-1-11-36-27(22)34)39-24-4-2-12-37-30(24)42;1-2/h1-8,11-12,15-16,20H,9-10,13-14,17H2,(H2,34,36)(H2,35,43)(H,38,44);1-2H3. The van der Waals surface area contributed by atoms with Gasteiger partial charge in [-0.25, -0.2) is 24.3 Å². The number of nitrogens with one attached hydrogen (secondary N) is 1. The first-order valence-corrected chi connectivity index (χ1v) is 16.2. The Labute approximate surface area is 274 Å². The molecule has 0 spiro atoms. The summed E-state index contributed by atoms with van der Waals surface area (Å²) < 4.78 is 16.7. The Bertz CT molecular complexity index is 2070. The Morgan fingerprint density at radius 2 is 1.70 bits per heavy atom. The van der Waals surface area contributed by atoms with Gasteiger partial charge in [-0.15, -0.1) is 11.3 Å². The van der Waals surface area contributed by atoms with Gasteiger partial charge in [-0.3, -0.25) is 19.1 Å². The Morgan fingerprint density at radius 3 is 2.43 bits per heavy atom. The van der Waals surface area contributed by atoms with Gasteiger partial charge in [0, 0.05) is 49.8 Å². The van der Waals surface area contributed by atoms with E-state index in [0.29, 0.717) is 16.3 Å². The number of pyridine rings is 2. The van der Waals surface area contributed by atoms with Crippen molar-refractivity contribution in [3.63, 3.8) is 0 Å². The lowest BCUT2D eigenvalue weighted by atomic mass is 10.0. The van der Waals surface area contributed by atoms with E-state index >= 15 is 0 Å². The van der Waals surface area contributed by atoms with Gasteiger partial charge in [0.2, 0.25) is 0 Å². The van der Waals surface area contributed by atoms with Crippen LogP contribution in [0.25, 0.3) is 38.5 Å². The second-order valence-electron chi connectivity index (χ2n) is 10.9. The number of hydrogen-bond acceptors (Lipinski definition) is 9. The van der Waals surface area contributed by atoms with Crippen molar-refractivity contribution in [3.05, 3.63) is 95.0 Å². The number of rotatable bonds is 7. The number of aromatic nitrogens is 5. The molecule has 4 aromatic heterocycles. The minimum Gasteiger partial charge on any atom is -0.383 e. The number of hydrogen-bond donors (Lipinski definition) is 3. The Balaban J connectivity index is 0.00000190. The van der Waals surface area contributed by atoms with Crippen LogP contribution in [0.4, 0.5) is 10.2 Å². The zero-order valence-corrected chi connectivity index (χ0v) is 26.8. The average molecular weight is 652 g/mol. The summed E-state index contributed by atoms with van der Waals surface area (Å²) in [6.07, 6.45) is 4.90. The molecular weight excluding hydrogens is 618 g/mol. The summed E-state index contributed by atoms with van der Waals surface area (Å²) in [5.74, 6) is -0.618. The number of nitrogens with two attached hydrogens (primary N) is 2. The van der Waals surface area contributed by atoms with Crippen LogP contribution in [0.2, 0.25) is 0 Å². The maximum atomic E-state index is 14.2. The fourth-order valence-electron chi connectivity index (χ4n) is 5.72. The molecule has 5 heterocycles. The molecule has 6 aromatic rings. The van der Waals surface area contributed by atoms with Gasteiger partial charge < -0.3 is 16.8 Å². The van der Waals surface area contributed by atoms with Gasteiger partial charge in [-0.05, 0) is 60.9 Å². The van der Waals surface area contributed by atoms with E-state index in [-0.39, 0.29) is 28.0 Å². The number of nitrogens with zero attached hydrogens (tertiary/aromatic N) is 6. The molecule has 0 aliphatic carbocycles. The third-order valence-corrected chi connectivity index (χ3v) is 9.05. The number of thiazole rings is 1. The van der Waals surface area contributed by atoms with Crippen LogP contribution < -0.4 is 16.8 Å². The number of amides is 2. The van der Waals surface area contributed by atoms with E-state index in [2.05, 4.69) is 49.4 Å². The minimum absolute atomic E-state index is 0.0414. The molecule has 11 nitrogen and oxygen atoms in total. The highest BCUT2D eigenvalue weighted by molar-refractivity contribution is 7.20. The summed E-state index contributed by atoms with van der Waals surface area (Å²) in [5.41, 5.74) is 16.2. The number of nitrogen functional groups attached to an aromatic ring is 1. The van der Waals surface area contributed by atoms with Crippen LogP contribution in [-0.4, -0.2) is 60.3 Å². The molecule has 13 heteroatoms. The average Bonchev–Trinajstić information content (AvgIpc) is 3.69. The van der Waals surface area contributed by atoms with Gasteiger partial charge in [0.1, 0.15) is 17.2 Å². The van der Waals surface area contributed by atoms with Crippen LogP contribution in [0, 0.1) is 5.82 Å². The van der Waals surface area contributed by atoms with Crippen LogP contribution in [0.5, 0.6) is 0 Å². The number of benzene rings is 2. The number of imidazole rings is 1. The van der Waals surface area contributed by atoms with Crippen molar-refractivity contribution in [2.24, 2.45) is 5.73 Å². The van der Waals surface area contributed by atoms with E-state index in [4.69, 9.17) is 16.5 Å². The number of carbonyl (C=O) groups is 2. The summed E-state index contributed by atoms with van der Waals surface area (Å²) in [7, 11) is 0. The lowest BCUT2D eigenvalue weighted by Gasteiger charge is -2.32. The molecule has 5 N–H and O–H groups in total. The Kier molecular flexibility index (Phi) is 9.18. The van der Waals surface area contributed by atoms with Gasteiger partial charge in [0.05, 0.1) is 21.3 Å². The molecule has 0 bridgehead atoms. The summed E-state index contributed by atoms with van der Waals surface area (Å²) in [6, 6.07) is 18.1. The number of anilines is 1. The molecule has 0 saturated carbocycles. The summed E-state index contributed by atoms with van der Waals surface area (Å²) in [5, 5.41) is 3.08. The molecule has 1 aliphatic rings. The molecule has 0 atom stereocenters. The van der Waals surface area contributed by atoms with Crippen molar-refractivity contribution in [1.29, 1.82) is 0 Å². The SMILES string of the molecule is CC.NC(=O)c1nc2cc(F)cc(C(=O)NC3CCN(Cc4ccc(-n5c(-c6cccnc6N)nc6cccnc65)cc4)CC3)c2s1. The number of carbonyl (C=O) groups excluding carboxylic acids is 2. The maximum Gasteiger partial charge on any atom is 0.277 e. The number of halogens is 1. The Morgan fingerprint density at radius 1 is 0.979 bits per heavy atom. The van der Waals surface area contributed by atoms with Gasteiger partial charge in [-0.2, -0.15) is 0 Å². The molecule has 1 fully saturated rings. The zero-order chi connectivity index (χ0) is 33.1. The molecule has 0 radical (unpaired) electrons. The van der Waals surface area contributed by atoms with Crippen molar-refractivity contribution >= 4 is 50.3 Å². The third kappa shape index (κ3) is 6.53. The van der Waals surface area contributed by atoms with Gasteiger partial charge >= 0.3 is 0 Å². The largest absolute Gasteiger partial charge is 0.383 e. The van der Waals surface area contributed by atoms with E-state index in [9.17, 15) is 14.0 Å². The molecule has 2 aromatic carbocycles. The van der Waals surface area contributed by atoms with Crippen LogP contribution in [-0.2, 0) is 6.54 Å². The van der Waals surface area contributed by atoms with Gasteiger partial charge in [0.25, 0.3) is 11.8 Å². The predicted octanol–water partition coefficient (Wildman–Crippen LogP) is 5.33. The smallest absolute Gasteiger partial charge is 0.277 e. The van der Waals surface area contributed by atoms with Crippen molar-refractivity contribution in [2.75, 3.05) is 18.8 Å². The summed E-state index contributed by atoms with van der Waals surface area (Å²) >= 11 is 0.995. The molecule has 240 valence electrons. The zero-order valence-electron chi connectivity index (χ0n) is 26.0. The number of likely N-dealkylation sites (tertiary alicyclic amines) is 1. The topological polar surface area (TPSA) is 158 Å². The van der Waals surface area contributed by atoms with Crippen LogP contribution >= 0.6 is 11.3 Å². The number of piperidine rings is 1. The van der Waals surface area contributed by atoms with E-state index in [1.54, 1.807) is 12.4 Å². The number of fused-ring (bicyclic) bond motifs is 2. The fourth-order valence-corrected chi connectivity index (χ4v) is 6.63. The number of primary amides is 1. The van der Waals surface area contributed by atoms with Crippen molar-refractivity contribution in [1.82, 2.24) is 34.7 Å². The fraction of sp³-hybridized carbons (Fsp3) is 0.235. The molecule has 7 rings (SSSR count). The molecular formula is C34H34FN9O2S. The molecule has 1 saturated heterocycles. The normalized spacial score (nSPS) is 13.8. The van der Waals surface area contributed by atoms with Crippen LogP contribution in [0.1, 0.15) is 52.4 Å². The first-order valence-electron chi connectivity index (χ1n) is 15.4. The quantitative estimate of drug-likeness (QED) is 0.209. The Hall–Kier alpha value is -5.27. The molecule has 2 amide bonds. The highest BCUT2D eigenvalue weighted by Gasteiger charge is 2.24. The lowest BCUT2D eigenvalue weighted by molar-refractivity contribution is 0.0909. The van der Waals surface area contributed by atoms with Crippen LogP contribution in [0.3, 0.4) is 0 Å². The van der Waals surface area contributed by atoms with Gasteiger partial charge in [-0.1, -0.05) is 26.0 Å². The first kappa shape index (κ1) is 31.7. The predicted molar refractivity (Wildman–Crippen MR) is 182 cm³/mol. The van der Waals surface area contributed by atoms with E-state index < -0.39 is 11.7 Å². The second kappa shape index (κ2) is 13.6. The van der Waals surface area contributed by atoms with Gasteiger partial charge in [0.15, 0.2) is 16.5 Å². The molecule has 1 aliphatic heterocycles.